The molecule has 2 aromatic carbocycles. The summed E-state index contributed by atoms with van der Waals surface area (Å²) >= 11 is 3.42. The van der Waals surface area contributed by atoms with Crippen molar-refractivity contribution >= 4 is 21.6 Å². The van der Waals surface area contributed by atoms with Gasteiger partial charge in [-0.05, 0) is 45.8 Å². The fourth-order valence-corrected chi connectivity index (χ4v) is 2.04. The minimum Gasteiger partial charge on any atom is -0.387 e. The molecule has 0 saturated carbocycles. The molecule has 18 heavy (non-hydrogen) atoms. The molecule has 0 saturated heterocycles. The highest BCUT2D eigenvalue weighted by atomic mass is 79.9. The van der Waals surface area contributed by atoms with E-state index >= 15 is 0 Å². The van der Waals surface area contributed by atoms with Crippen LogP contribution in [-0.4, -0.2) is 11.7 Å². The number of anilines is 1. The first kappa shape index (κ1) is 13.1. The quantitative estimate of drug-likeness (QED) is 0.902. The van der Waals surface area contributed by atoms with Crippen LogP contribution in [0.4, 0.5) is 10.1 Å². The van der Waals surface area contributed by atoms with Crippen LogP contribution in [-0.2, 0) is 0 Å². The van der Waals surface area contributed by atoms with Crippen LogP contribution < -0.4 is 5.32 Å². The molecule has 0 fully saturated rings. The maximum atomic E-state index is 12.8. The Hall–Kier alpha value is -1.39. The molecular weight excluding hydrogens is 297 g/mol. The Kier molecular flexibility index (Phi) is 4.33. The number of aliphatic hydroxyl groups is 1. The van der Waals surface area contributed by atoms with Crippen molar-refractivity contribution < 1.29 is 9.50 Å². The largest absolute Gasteiger partial charge is 0.387 e. The molecule has 2 aromatic rings. The maximum absolute atomic E-state index is 12.8. The molecular formula is C14H13BrFNO. The zero-order valence-electron chi connectivity index (χ0n) is 9.61. The Balaban J connectivity index is 1.98. The summed E-state index contributed by atoms with van der Waals surface area (Å²) in [6.07, 6.45) is -0.669. The Labute approximate surface area is 114 Å². The molecule has 1 unspecified atom stereocenters. The van der Waals surface area contributed by atoms with Crippen molar-refractivity contribution in [1.29, 1.82) is 0 Å². The molecule has 0 spiro atoms. The molecule has 2 N–H and O–H groups in total. The summed E-state index contributed by atoms with van der Waals surface area (Å²) in [6, 6.07) is 13.5. The Morgan fingerprint density at radius 2 is 1.78 bits per heavy atom. The molecule has 94 valence electrons. The van der Waals surface area contributed by atoms with Crippen LogP contribution in [0.2, 0.25) is 0 Å². The van der Waals surface area contributed by atoms with E-state index in [0.29, 0.717) is 12.1 Å². The van der Waals surface area contributed by atoms with Crippen molar-refractivity contribution in [3.8, 4) is 0 Å². The summed E-state index contributed by atoms with van der Waals surface area (Å²) in [7, 11) is 0. The zero-order valence-corrected chi connectivity index (χ0v) is 11.2. The van der Waals surface area contributed by atoms with Gasteiger partial charge < -0.3 is 10.4 Å². The van der Waals surface area contributed by atoms with Gasteiger partial charge in [0.2, 0.25) is 0 Å². The number of hydrogen-bond acceptors (Lipinski definition) is 2. The smallest absolute Gasteiger partial charge is 0.123 e. The van der Waals surface area contributed by atoms with Gasteiger partial charge >= 0.3 is 0 Å². The van der Waals surface area contributed by atoms with Gasteiger partial charge in [0, 0.05) is 16.7 Å². The SMILES string of the molecule is OC(CNc1ccccc1Br)c1ccc(F)cc1. The van der Waals surface area contributed by atoms with Crippen molar-refractivity contribution in [1.82, 2.24) is 0 Å². The Bertz CT molecular complexity index is 515. The monoisotopic (exact) mass is 309 g/mol. The lowest BCUT2D eigenvalue weighted by Crippen LogP contribution is -2.12. The Morgan fingerprint density at radius 1 is 1.11 bits per heavy atom. The molecule has 0 heterocycles. The fraction of sp³-hybridized carbons (Fsp3) is 0.143. The number of benzene rings is 2. The van der Waals surface area contributed by atoms with Crippen LogP contribution in [0.15, 0.2) is 53.0 Å². The summed E-state index contributed by atoms with van der Waals surface area (Å²) in [6.45, 7) is 0.369. The second kappa shape index (κ2) is 5.98. The molecule has 0 radical (unpaired) electrons. The standard InChI is InChI=1S/C14H13BrFNO/c15-12-3-1-2-4-13(12)17-9-14(18)10-5-7-11(16)8-6-10/h1-8,14,17-18H,9H2. The second-order valence-electron chi connectivity index (χ2n) is 3.93. The van der Waals surface area contributed by atoms with E-state index in [1.54, 1.807) is 12.1 Å². The summed E-state index contributed by atoms with van der Waals surface area (Å²) in [4.78, 5) is 0. The highest BCUT2D eigenvalue weighted by Crippen LogP contribution is 2.22. The van der Waals surface area contributed by atoms with Gasteiger partial charge in [0.25, 0.3) is 0 Å². The number of hydrogen-bond donors (Lipinski definition) is 2. The van der Waals surface area contributed by atoms with Crippen molar-refractivity contribution in [2.24, 2.45) is 0 Å². The molecule has 2 nitrogen and oxygen atoms in total. The van der Waals surface area contributed by atoms with Crippen LogP contribution >= 0.6 is 15.9 Å². The lowest BCUT2D eigenvalue weighted by molar-refractivity contribution is 0.191. The minimum absolute atomic E-state index is 0.301. The average Bonchev–Trinajstić information content (AvgIpc) is 2.38. The summed E-state index contributed by atoms with van der Waals surface area (Å²) in [5.74, 6) is -0.301. The third kappa shape index (κ3) is 3.31. The van der Waals surface area contributed by atoms with Gasteiger partial charge in [0.1, 0.15) is 5.82 Å². The van der Waals surface area contributed by atoms with Crippen LogP contribution in [0, 0.1) is 5.82 Å². The second-order valence-corrected chi connectivity index (χ2v) is 4.78. The molecule has 0 aliphatic rings. The van der Waals surface area contributed by atoms with Crippen molar-refractivity contribution in [2.45, 2.75) is 6.10 Å². The third-order valence-electron chi connectivity index (χ3n) is 2.61. The van der Waals surface area contributed by atoms with Gasteiger partial charge in [0.05, 0.1) is 6.10 Å². The van der Waals surface area contributed by atoms with E-state index in [1.165, 1.54) is 12.1 Å². The predicted molar refractivity (Wildman–Crippen MR) is 74.0 cm³/mol. The number of para-hydroxylation sites is 1. The van der Waals surface area contributed by atoms with Crippen molar-refractivity contribution in [3.63, 3.8) is 0 Å². The highest BCUT2D eigenvalue weighted by molar-refractivity contribution is 9.10. The lowest BCUT2D eigenvalue weighted by atomic mass is 10.1. The van der Waals surface area contributed by atoms with E-state index in [1.807, 2.05) is 24.3 Å². The lowest BCUT2D eigenvalue weighted by Gasteiger charge is -2.14. The topological polar surface area (TPSA) is 32.3 Å². The molecule has 0 aliphatic heterocycles. The minimum atomic E-state index is -0.669. The van der Waals surface area contributed by atoms with Crippen LogP contribution in [0.5, 0.6) is 0 Å². The van der Waals surface area contributed by atoms with Gasteiger partial charge in [-0.25, -0.2) is 4.39 Å². The number of nitrogens with one attached hydrogen (secondary N) is 1. The zero-order chi connectivity index (χ0) is 13.0. The van der Waals surface area contributed by atoms with Crippen LogP contribution in [0.1, 0.15) is 11.7 Å². The van der Waals surface area contributed by atoms with Gasteiger partial charge in [-0.2, -0.15) is 0 Å². The first-order valence-corrected chi connectivity index (χ1v) is 6.38. The first-order valence-electron chi connectivity index (χ1n) is 5.59. The molecule has 0 amide bonds. The van der Waals surface area contributed by atoms with E-state index in [2.05, 4.69) is 21.2 Å². The van der Waals surface area contributed by atoms with E-state index < -0.39 is 6.10 Å². The van der Waals surface area contributed by atoms with Crippen molar-refractivity contribution in [2.75, 3.05) is 11.9 Å². The van der Waals surface area contributed by atoms with Gasteiger partial charge in [-0.15, -0.1) is 0 Å². The van der Waals surface area contributed by atoms with E-state index in [9.17, 15) is 9.50 Å². The summed E-state index contributed by atoms with van der Waals surface area (Å²) in [5, 5.41) is 13.1. The number of aliphatic hydroxyl groups excluding tert-OH is 1. The average molecular weight is 310 g/mol. The van der Waals surface area contributed by atoms with Crippen LogP contribution in [0.3, 0.4) is 0 Å². The van der Waals surface area contributed by atoms with Crippen molar-refractivity contribution in [3.05, 3.63) is 64.4 Å². The van der Waals surface area contributed by atoms with E-state index in [-0.39, 0.29) is 5.82 Å². The van der Waals surface area contributed by atoms with Gasteiger partial charge in [0.15, 0.2) is 0 Å². The molecule has 4 heteroatoms. The third-order valence-corrected chi connectivity index (χ3v) is 3.31. The molecule has 1 atom stereocenters. The van der Waals surface area contributed by atoms with Gasteiger partial charge in [-0.1, -0.05) is 24.3 Å². The van der Waals surface area contributed by atoms with Crippen LogP contribution in [0.25, 0.3) is 0 Å². The first-order chi connectivity index (χ1) is 8.66. The Morgan fingerprint density at radius 3 is 2.44 bits per heavy atom. The summed E-state index contributed by atoms with van der Waals surface area (Å²) in [5.41, 5.74) is 1.61. The van der Waals surface area contributed by atoms with E-state index in [0.717, 1.165) is 10.2 Å². The van der Waals surface area contributed by atoms with E-state index in [4.69, 9.17) is 0 Å². The molecule has 2 rings (SSSR count). The molecule has 0 aromatic heterocycles. The highest BCUT2D eigenvalue weighted by Gasteiger charge is 2.08. The number of halogens is 2. The molecule has 0 bridgehead atoms. The predicted octanol–water partition coefficient (Wildman–Crippen LogP) is 3.73. The number of rotatable bonds is 4. The summed E-state index contributed by atoms with van der Waals surface area (Å²) < 4.78 is 13.7. The fourth-order valence-electron chi connectivity index (χ4n) is 1.61. The maximum Gasteiger partial charge on any atom is 0.123 e. The normalized spacial score (nSPS) is 12.2. The molecule has 0 aliphatic carbocycles. The van der Waals surface area contributed by atoms with Gasteiger partial charge in [-0.3, -0.25) is 0 Å².